The van der Waals surface area contributed by atoms with Gasteiger partial charge in [0.2, 0.25) is 21.8 Å². The molecular weight excluding hydrogens is 494 g/mol. The van der Waals surface area contributed by atoms with Gasteiger partial charge in [0.25, 0.3) is 5.89 Å². The Balaban J connectivity index is 1.69. The molecule has 1 aromatic carbocycles. The summed E-state index contributed by atoms with van der Waals surface area (Å²) in [6, 6.07) is 5.14. The molecule has 0 bridgehead atoms. The number of nitrogens with one attached hydrogen (secondary N) is 1. The zero-order valence-electron chi connectivity index (χ0n) is 21.1. The average Bonchev–Trinajstić information content (AvgIpc) is 3.50. The van der Waals surface area contributed by atoms with E-state index in [4.69, 9.17) is 4.42 Å². The quantitative estimate of drug-likeness (QED) is 0.515. The second kappa shape index (κ2) is 9.00. The van der Waals surface area contributed by atoms with Gasteiger partial charge in [-0.25, -0.2) is 18.4 Å². The molecule has 12 heteroatoms. The lowest BCUT2D eigenvalue weighted by Crippen LogP contribution is -2.37. The van der Waals surface area contributed by atoms with Gasteiger partial charge in [-0.2, -0.15) is 9.98 Å². The Hall–Kier alpha value is -3.69. The van der Waals surface area contributed by atoms with Crippen molar-refractivity contribution in [3.8, 4) is 17.7 Å². The van der Waals surface area contributed by atoms with E-state index in [1.54, 1.807) is 24.8 Å². The molecule has 3 aromatic rings. The summed E-state index contributed by atoms with van der Waals surface area (Å²) in [4.78, 5) is 23.4. The van der Waals surface area contributed by atoms with Crippen molar-refractivity contribution in [2.24, 2.45) is 5.92 Å². The maximum absolute atomic E-state index is 13.4. The number of sulfonamides is 1. The fourth-order valence-corrected chi connectivity index (χ4v) is 5.86. The predicted molar refractivity (Wildman–Crippen MR) is 134 cm³/mol. The third-order valence-electron chi connectivity index (χ3n) is 6.58. The van der Waals surface area contributed by atoms with Crippen molar-refractivity contribution in [1.82, 2.24) is 29.8 Å². The van der Waals surface area contributed by atoms with Crippen molar-refractivity contribution in [1.29, 1.82) is 5.26 Å². The number of carbonyl (C=O) groups is 1. The SMILES string of the molecule is Cc1nc(-c2nnc(C)o2)c2cc(S(=O)(=O)NC3(C#N)CC3)cc(C3=CCN(C(=O)C(C)C)CC3)c2n1. The second-order valence-electron chi connectivity index (χ2n) is 9.83. The van der Waals surface area contributed by atoms with Gasteiger partial charge in [0.05, 0.1) is 16.5 Å². The van der Waals surface area contributed by atoms with Crippen LogP contribution in [0, 0.1) is 31.1 Å². The summed E-state index contributed by atoms with van der Waals surface area (Å²) in [6.45, 7) is 8.06. The molecule has 1 saturated carbocycles. The van der Waals surface area contributed by atoms with Crippen LogP contribution in [0.15, 0.2) is 27.5 Å². The number of hydrogen-bond donors (Lipinski definition) is 1. The summed E-state index contributed by atoms with van der Waals surface area (Å²) in [6.07, 6.45) is 3.39. The van der Waals surface area contributed by atoms with Crippen molar-refractivity contribution in [2.45, 2.75) is 57.4 Å². The molecule has 0 atom stereocenters. The van der Waals surface area contributed by atoms with Gasteiger partial charge < -0.3 is 9.32 Å². The molecule has 3 heterocycles. The highest BCUT2D eigenvalue weighted by molar-refractivity contribution is 7.89. The first kappa shape index (κ1) is 25.0. The Morgan fingerprint density at radius 1 is 1.22 bits per heavy atom. The molecule has 1 N–H and O–H groups in total. The van der Waals surface area contributed by atoms with Gasteiger partial charge in [-0.15, -0.1) is 10.2 Å². The van der Waals surface area contributed by atoms with E-state index < -0.39 is 15.6 Å². The van der Waals surface area contributed by atoms with E-state index in [-0.39, 0.29) is 22.6 Å². The number of aromatic nitrogens is 4. The molecule has 5 rings (SSSR count). The minimum absolute atomic E-state index is 0.0111. The lowest BCUT2D eigenvalue weighted by atomic mass is 9.95. The number of aryl methyl sites for hydroxylation is 2. The van der Waals surface area contributed by atoms with Crippen LogP contribution in [0.3, 0.4) is 0 Å². The first-order chi connectivity index (χ1) is 17.5. The van der Waals surface area contributed by atoms with Crippen LogP contribution in [0.4, 0.5) is 0 Å². The molecule has 1 fully saturated rings. The summed E-state index contributed by atoms with van der Waals surface area (Å²) < 4.78 is 35.1. The van der Waals surface area contributed by atoms with Crippen molar-refractivity contribution >= 4 is 32.4 Å². The fourth-order valence-electron chi connectivity index (χ4n) is 4.43. The van der Waals surface area contributed by atoms with E-state index in [0.717, 1.165) is 5.57 Å². The standard InChI is InChI=1S/C25H27N7O4S/c1-14(2)24(33)32-9-5-17(6-10-32)19-11-18(37(34,35)31-25(13-26)7-8-25)12-20-21(19)27-15(3)28-22(20)23-30-29-16(4)36-23/h5,11-12,14,31H,6-10H2,1-4H3. The Bertz CT molecular complexity index is 1600. The van der Waals surface area contributed by atoms with Crippen LogP contribution < -0.4 is 4.72 Å². The van der Waals surface area contributed by atoms with Gasteiger partial charge in [-0.05, 0) is 43.9 Å². The molecule has 37 heavy (non-hydrogen) atoms. The molecule has 1 amide bonds. The highest BCUT2D eigenvalue weighted by atomic mass is 32.2. The van der Waals surface area contributed by atoms with Crippen LogP contribution in [0.5, 0.6) is 0 Å². The van der Waals surface area contributed by atoms with Crippen LogP contribution in [0.25, 0.3) is 28.1 Å². The number of hydrogen-bond acceptors (Lipinski definition) is 9. The van der Waals surface area contributed by atoms with Gasteiger partial charge >= 0.3 is 0 Å². The first-order valence-electron chi connectivity index (χ1n) is 12.1. The average molecular weight is 522 g/mol. The maximum Gasteiger partial charge on any atom is 0.267 e. The van der Waals surface area contributed by atoms with Crippen molar-refractivity contribution in [3.63, 3.8) is 0 Å². The molecule has 192 valence electrons. The van der Waals surface area contributed by atoms with E-state index in [1.807, 2.05) is 19.9 Å². The van der Waals surface area contributed by atoms with E-state index in [9.17, 15) is 18.5 Å². The number of rotatable bonds is 6. The molecular formula is C25H27N7O4S. The lowest BCUT2D eigenvalue weighted by Gasteiger charge is -2.28. The monoisotopic (exact) mass is 521 g/mol. The van der Waals surface area contributed by atoms with Crippen LogP contribution in [0.1, 0.15) is 50.4 Å². The van der Waals surface area contributed by atoms with Crippen LogP contribution in [0.2, 0.25) is 0 Å². The largest absolute Gasteiger partial charge is 0.420 e. The molecule has 0 radical (unpaired) electrons. The summed E-state index contributed by atoms with van der Waals surface area (Å²) in [5, 5.41) is 17.9. The Labute approximate surface area is 214 Å². The number of nitriles is 1. The molecule has 0 spiro atoms. The van der Waals surface area contributed by atoms with Crippen LogP contribution in [-0.2, 0) is 14.8 Å². The topological polar surface area (TPSA) is 155 Å². The number of nitrogens with zero attached hydrogens (tertiary/aromatic N) is 6. The predicted octanol–water partition coefficient (Wildman–Crippen LogP) is 2.90. The normalized spacial score (nSPS) is 17.1. The van der Waals surface area contributed by atoms with E-state index >= 15 is 0 Å². The Morgan fingerprint density at radius 3 is 2.54 bits per heavy atom. The summed E-state index contributed by atoms with van der Waals surface area (Å²) in [7, 11) is -4.05. The molecule has 1 aliphatic carbocycles. The molecule has 2 aromatic heterocycles. The highest BCUT2D eigenvalue weighted by Crippen LogP contribution is 2.38. The number of benzene rings is 1. The lowest BCUT2D eigenvalue weighted by molar-refractivity contribution is -0.134. The molecule has 11 nitrogen and oxygen atoms in total. The van der Waals surface area contributed by atoms with Crippen LogP contribution in [-0.4, -0.2) is 58.0 Å². The molecule has 2 aliphatic rings. The summed E-state index contributed by atoms with van der Waals surface area (Å²) in [5.74, 6) is 0.922. The summed E-state index contributed by atoms with van der Waals surface area (Å²) >= 11 is 0. The Kier molecular flexibility index (Phi) is 6.08. The molecule has 0 saturated heterocycles. The first-order valence-corrected chi connectivity index (χ1v) is 13.6. The van der Waals surface area contributed by atoms with Gasteiger partial charge in [0.1, 0.15) is 17.1 Å². The second-order valence-corrected chi connectivity index (χ2v) is 11.5. The van der Waals surface area contributed by atoms with E-state index in [2.05, 4.69) is 31.0 Å². The molecule has 0 unspecified atom stereocenters. The maximum atomic E-state index is 13.4. The Morgan fingerprint density at radius 2 is 1.97 bits per heavy atom. The minimum atomic E-state index is -4.05. The third kappa shape index (κ3) is 4.72. The van der Waals surface area contributed by atoms with E-state index in [1.165, 1.54) is 6.07 Å². The zero-order chi connectivity index (χ0) is 26.5. The molecule has 1 aliphatic heterocycles. The van der Waals surface area contributed by atoms with Gasteiger partial charge in [-0.1, -0.05) is 19.9 Å². The van der Waals surface area contributed by atoms with E-state index in [0.29, 0.717) is 66.2 Å². The third-order valence-corrected chi connectivity index (χ3v) is 8.09. The zero-order valence-corrected chi connectivity index (χ0v) is 21.9. The van der Waals surface area contributed by atoms with Crippen molar-refractivity contribution in [2.75, 3.05) is 13.1 Å². The number of carbonyl (C=O) groups excluding carboxylic acids is 1. The highest BCUT2D eigenvalue weighted by Gasteiger charge is 2.47. The van der Waals surface area contributed by atoms with Gasteiger partial charge in [-0.3, -0.25) is 4.79 Å². The smallest absolute Gasteiger partial charge is 0.267 e. The summed E-state index contributed by atoms with van der Waals surface area (Å²) in [5.41, 5.74) is 1.30. The van der Waals surface area contributed by atoms with Crippen molar-refractivity contribution < 1.29 is 17.6 Å². The number of amides is 1. The number of fused-ring (bicyclic) bond motifs is 1. The van der Waals surface area contributed by atoms with Crippen molar-refractivity contribution in [3.05, 3.63) is 35.5 Å². The van der Waals surface area contributed by atoms with Gasteiger partial charge in [0.15, 0.2) is 0 Å². The fraction of sp³-hybridized carbons (Fsp3) is 0.440. The van der Waals surface area contributed by atoms with Gasteiger partial charge in [0, 0.05) is 36.9 Å². The minimum Gasteiger partial charge on any atom is -0.420 e. The van der Waals surface area contributed by atoms with Crippen LogP contribution >= 0.6 is 0 Å².